The van der Waals surface area contributed by atoms with Crippen molar-refractivity contribution < 1.29 is 8.78 Å². The minimum absolute atomic E-state index is 0.205. The molecule has 42 heavy (non-hydrogen) atoms. The Balaban J connectivity index is 0.000000686. The molecule has 0 spiro atoms. The highest BCUT2D eigenvalue weighted by Gasteiger charge is 2.30. The van der Waals surface area contributed by atoms with Gasteiger partial charge in [0.05, 0.1) is 0 Å². The molecule has 1 heterocycles. The van der Waals surface area contributed by atoms with Crippen LogP contribution < -0.4 is 5.73 Å². The first-order valence-corrected chi connectivity index (χ1v) is 16.4. The predicted molar refractivity (Wildman–Crippen MR) is 182 cm³/mol. The molecule has 2 aromatic rings. The Morgan fingerprint density at radius 1 is 1.02 bits per heavy atom. The molecule has 0 aromatic heterocycles. The van der Waals surface area contributed by atoms with Gasteiger partial charge in [-0.25, -0.2) is 8.78 Å². The van der Waals surface area contributed by atoms with Crippen molar-refractivity contribution in [2.24, 2.45) is 17.6 Å². The highest BCUT2D eigenvalue weighted by atomic mass is 19.1. The van der Waals surface area contributed by atoms with E-state index in [4.69, 9.17) is 5.73 Å². The van der Waals surface area contributed by atoms with Gasteiger partial charge in [0.25, 0.3) is 0 Å². The Kier molecular flexibility index (Phi) is 17.6. The number of hydrogen-bond acceptors (Lipinski definition) is 2. The van der Waals surface area contributed by atoms with E-state index in [1.54, 1.807) is 6.07 Å². The predicted octanol–water partition coefficient (Wildman–Crippen LogP) is 11.0. The Labute approximate surface area is 257 Å². The number of halogens is 2. The molecule has 0 amide bonds. The second-order valence-corrected chi connectivity index (χ2v) is 11.9. The molecule has 1 aliphatic heterocycles. The average molecular weight is 583 g/mol. The van der Waals surface area contributed by atoms with E-state index in [2.05, 4.69) is 44.0 Å². The Morgan fingerprint density at radius 3 is 2.10 bits per heavy atom. The van der Waals surface area contributed by atoms with Crippen molar-refractivity contribution in [2.45, 2.75) is 112 Å². The quantitative estimate of drug-likeness (QED) is 0.254. The van der Waals surface area contributed by atoms with E-state index in [9.17, 15) is 8.78 Å². The van der Waals surface area contributed by atoms with Crippen LogP contribution in [0.2, 0.25) is 0 Å². The summed E-state index contributed by atoms with van der Waals surface area (Å²) in [5.74, 6) is 1.01. The molecule has 2 N–H and O–H groups in total. The molecule has 1 unspecified atom stereocenters. The maximum Gasteiger partial charge on any atom is 0.131 e. The number of likely N-dealkylation sites (tertiary alicyclic amines) is 1. The van der Waals surface area contributed by atoms with Crippen LogP contribution in [-0.2, 0) is 6.42 Å². The number of rotatable bonds is 13. The first kappa shape index (κ1) is 37.6. The summed E-state index contributed by atoms with van der Waals surface area (Å²) in [4.78, 5) is 2.31. The highest BCUT2D eigenvalue weighted by molar-refractivity contribution is 5.69. The zero-order chi connectivity index (χ0) is 31.7. The highest BCUT2D eigenvalue weighted by Crippen LogP contribution is 2.29. The number of aryl methyl sites for hydroxylation is 1. The fourth-order valence-corrected chi connectivity index (χ4v) is 5.24. The van der Waals surface area contributed by atoms with Crippen molar-refractivity contribution in [3.63, 3.8) is 0 Å². The standard InChI is InChI=1S/C28H37F2N.C8H17N.C2H6/c1-5-28(30,6-2)20-31-17-15-23(16-18-31)8-7-22-9-11-24(12-10-22)26-14-13-25(21(3)4)19-27(26)29;1-4-5-6-7(2)8(3)9;1-2/h9-14,19,23H,3,5-8,15-18,20H2,1-2,4H3;7H,3-6,9H2,1-2H3;1-2H3. The average Bonchev–Trinajstić information content (AvgIpc) is 3.01. The second-order valence-electron chi connectivity index (χ2n) is 11.9. The molecule has 1 aliphatic rings. The summed E-state index contributed by atoms with van der Waals surface area (Å²) in [6.07, 6.45) is 9.41. The van der Waals surface area contributed by atoms with Gasteiger partial charge in [-0.15, -0.1) is 0 Å². The summed E-state index contributed by atoms with van der Waals surface area (Å²) in [5.41, 5.74) is 9.82. The van der Waals surface area contributed by atoms with Crippen molar-refractivity contribution in [3.8, 4) is 11.1 Å². The lowest BCUT2D eigenvalue weighted by Gasteiger charge is -2.36. The molecular weight excluding hydrogens is 522 g/mol. The third-order valence-electron chi connectivity index (χ3n) is 8.67. The van der Waals surface area contributed by atoms with Crippen LogP contribution in [0.15, 0.2) is 61.3 Å². The summed E-state index contributed by atoms with van der Waals surface area (Å²) in [6.45, 7) is 24.3. The maximum atomic E-state index is 14.7. The van der Waals surface area contributed by atoms with Crippen molar-refractivity contribution in [1.29, 1.82) is 0 Å². The van der Waals surface area contributed by atoms with Gasteiger partial charge in [0.15, 0.2) is 0 Å². The molecule has 0 radical (unpaired) electrons. The van der Waals surface area contributed by atoms with Crippen LogP contribution in [0, 0.1) is 17.7 Å². The maximum absolute atomic E-state index is 14.7. The van der Waals surface area contributed by atoms with Crippen LogP contribution in [0.1, 0.15) is 111 Å². The van der Waals surface area contributed by atoms with Crippen LogP contribution in [-0.4, -0.2) is 30.2 Å². The van der Waals surface area contributed by atoms with Crippen molar-refractivity contribution in [2.75, 3.05) is 19.6 Å². The molecule has 3 rings (SSSR count). The van der Waals surface area contributed by atoms with Gasteiger partial charge in [0, 0.05) is 17.8 Å². The first-order valence-electron chi connectivity index (χ1n) is 16.4. The minimum atomic E-state index is -1.03. The normalized spacial score (nSPS) is 14.7. The summed E-state index contributed by atoms with van der Waals surface area (Å²) < 4.78 is 29.2. The summed E-state index contributed by atoms with van der Waals surface area (Å²) in [6, 6.07) is 13.6. The molecule has 4 heteroatoms. The summed E-state index contributed by atoms with van der Waals surface area (Å²) in [5, 5.41) is 0. The molecule has 236 valence electrons. The minimum Gasteiger partial charge on any atom is -0.402 e. The zero-order valence-corrected chi connectivity index (χ0v) is 27.9. The van der Waals surface area contributed by atoms with Gasteiger partial charge >= 0.3 is 0 Å². The van der Waals surface area contributed by atoms with Crippen molar-refractivity contribution in [1.82, 2.24) is 4.90 Å². The van der Waals surface area contributed by atoms with E-state index in [-0.39, 0.29) is 5.82 Å². The van der Waals surface area contributed by atoms with Crippen LogP contribution in [0.5, 0.6) is 0 Å². The number of unbranched alkanes of at least 4 members (excludes halogenated alkanes) is 1. The number of allylic oxidation sites excluding steroid dienone is 2. The van der Waals surface area contributed by atoms with Crippen LogP contribution >= 0.6 is 0 Å². The molecular formula is C38H60F2N2. The number of hydrogen-bond donors (Lipinski definition) is 1. The molecule has 0 bridgehead atoms. The number of benzene rings is 2. The van der Waals surface area contributed by atoms with Crippen LogP contribution in [0.25, 0.3) is 16.7 Å². The Morgan fingerprint density at radius 2 is 1.62 bits per heavy atom. The van der Waals surface area contributed by atoms with Gasteiger partial charge in [0.2, 0.25) is 0 Å². The number of nitrogens with two attached hydrogens (primary N) is 1. The Hall–Kier alpha value is -2.46. The fraction of sp³-hybridized carbons (Fsp3) is 0.579. The SMILES string of the molecule is C=C(C)c1ccc(-c2ccc(CCC3CCN(CC(F)(CC)CC)CC3)cc2)c(F)c1.C=C(N)C(C)CCCC.CC. The van der Waals surface area contributed by atoms with E-state index >= 15 is 0 Å². The van der Waals surface area contributed by atoms with Gasteiger partial charge in [-0.2, -0.15) is 0 Å². The van der Waals surface area contributed by atoms with Gasteiger partial charge in [-0.05, 0) is 99.6 Å². The van der Waals surface area contributed by atoms with E-state index in [1.165, 1.54) is 24.8 Å². The number of nitrogens with zero attached hydrogens (tertiary/aromatic N) is 1. The van der Waals surface area contributed by atoms with Gasteiger partial charge in [-0.3, -0.25) is 0 Å². The van der Waals surface area contributed by atoms with Crippen molar-refractivity contribution >= 4 is 5.57 Å². The Bertz CT molecular complexity index is 1050. The van der Waals surface area contributed by atoms with Crippen LogP contribution in [0.4, 0.5) is 8.78 Å². The monoisotopic (exact) mass is 582 g/mol. The van der Waals surface area contributed by atoms with E-state index in [0.29, 0.717) is 36.8 Å². The lowest BCUT2D eigenvalue weighted by atomic mass is 9.89. The van der Waals surface area contributed by atoms with Crippen LogP contribution in [0.3, 0.4) is 0 Å². The van der Waals surface area contributed by atoms with Gasteiger partial charge in [0.1, 0.15) is 11.5 Å². The molecule has 2 nitrogen and oxygen atoms in total. The van der Waals surface area contributed by atoms with E-state index in [0.717, 1.165) is 61.2 Å². The topological polar surface area (TPSA) is 29.3 Å². The summed E-state index contributed by atoms with van der Waals surface area (Å²) >= 11 is 0. The smallest absolute Gasteiger partial charge is 0.131 e. The molecule has 2 aromatic carbocycles. The van der Waals surface area contributed by atoms with Crippen molar-refractivity contribution in [3.05, 3.63) is 78.3 Å². The van der Waals surface area contributed by atoms with Gasteiger partial charge < -0.3 is 10.6 Å². The molecule has 0 aliphatic carbocycles. The number of alkyl halides is 1. The fourth-order valence-electron chi connectivity index (χ4n) is 5.24. The largest absolute Gasteiger partial charge is 0.402 e. The van der Waals surface area contributed by atoms with Gasteiger partial charge in [-0.1, -0.05) is 110 Å². The lowest BCUT2D eigenvalue weighted by molar-refractivity contribution is 0.0628. The first-order chi connectivity index (χ1) is 20.0. The molecule has 1 fully saturated rings. The summed E-state index contributed by atoms with van der Waals surface area (Å²) in [7, 11) is 0. The van der Waals surface area contributed by atoms with E-state index in [1.807, 2.05) is 58.9 Å². The van der Waals surface area contributed by atoms with E-state index < -0.39 is 5.67 Å². The zero-order valence-electron chi connectivity index (χ0n) is 27.9. The molecule has 1 atom stereocenters. The third-order valence-corrected chi connectivity index (χ3v) is 8.67. The second kappa shape index (κ2) is 19.7. The molecule has 0 saturated carbocycles. The number of piperidine rings is 1. The lowest BCUT2D eigenvalue weighted by Crippen LogP contribution is -2.43. The molecule has 1 saturated heterocycles. The third kappa shape index (κ3) is 12.8.